The van der Waals surface area contributed by atoms with Crippen molar-refractivity contribution in [3.05, 3.63) is 145 Å². The molecule has 2 atom stereocenters. The van der Waals surface area contributed by atoms with Crippen molar-refractivity contribution in [2.45, 2.75) is 37.6 Å². The Bertz CT molecular complexity index is 1840. The van der Waals surface area contributed by atoms with Gasteiger partial charge in [0.15, 0.2) is 11.6 Å². The summed E-state index contributed by atoms with van der Waals surface area (Å²) in [5.41, 5.74) is 15.3. The van der Waals surface area contributed by atoms with Crippen molar-refractivity contribution >= 4 is 35.0 Å². The quantitative estimate of drug-likeness (QED) is 0.0422. The van der Waals surface area contributed by atoms with Gasteiger partial charge < -0.3 is 14.6 Å². The molecule has 0 spiro atoms. The van der Waals surface area contributed by atoms with Gasteiger partial charge in [0.25, 0.3) is 5.91 Å². The highest BCUT2D eigenvalue weighted by Gasteiger charge is 2.54. The zero-order valence-corrected chi connectivity index (χ0v) is 26.9. The molecule has 0 bridgehead atoms. The van der Waals surface area contributed by atoms with Gasteiger partial charge in [-0.1, -0.05) is 58.6 Å². The van der Waals surface area contributed by atoms with Gasteiger partial charge >= 0.3 is 0 Å². The van der Waals surface area contributed by atoms with Crippen molar-refractivity contribution in [1.82, 2.24) is 10.9 Å². The number of hydrazine groups is 1. The van der Waals surface area contributed by atoms with E-state index in [1.54, 1.807) is 60.7 Å². The normalized spacial score (nSPS) is 16.9. The monoisotopic (exact) mass is 694 g/mol. The summed E-state index contributed by atoms with van der Waals surface area (Å²) >= 11 is 12.9. The number of aliphatic hydroxyl groups excluding tert-OH is 1. The van der Waals surface area contributed by atoms with Gasteiger partial charge in [0.05, 0.1) is 13.2 Å². The lowest BCUT2D eigenvalue weighted by Crippen LogP contribution is -2.53. The van der Waals surface area contributed by atoms with Gasteiger partial charge in [0.1, 0.15) is 17.4 Å². The van der Waals surface area contributed by atoms with Gasteiger partial charge in [-0.2, -0.15) is 0 Å². The van der Waals surface area contributed by atoms with Crippen molar-refractivity contribution < 1.29 is 28.2 Å². The highest BCUT2D eigenvalue weighted by molar-refractivity contribution is 6.35. The Morgan fingerprint density at radius 1 is 1.04 bits per heavy atom. The summed E-state index contributed by atoms with van der Waals surface area (Å²) < 4.78 is 39.8. The van der Waals surface area contributed by atoms with E-state index in [4.69, 9.17) is 48.3 Å². The summed E-state index contributed by atoms with van der Waals surface area (Å²) in [5, 5.41) is 13.4. The SMILES string of the molecule is [N-]=[N+]=NCc1ccccc1C[C@]1(C(=O)NNCc2cc(F)cc(F)c2)N=C(c2ccc(OCCCO)cc2)O[C@H]1c1ccc(Cl)cc1Cl. The van der Waals surface area contributed by atoms with E-state index in [2.05, 4.69) is 20.9 Å². The third-order valence-corrected chi connectivity index (χ3v) is 8.14. The molecule has 248 valence electrons. The van der Waals surface area contributed by atoms with Crippen LogP contribution in [0.1, 0.15) is 40.3 Å². The molecule has 0 aliphatic carbocycles. The fraction of sp³-hybridized carbons (Fsp3) is 0.235. The van der Waals surface area contributed by atoms with Crippen LogP contribution in [0, 0.1) is 11.6 Å². The largest absolute Gasteiger partial charge is 0.494 e. The number of aliphatic imine (C=N–C) groups is 1. The number of nitrogens with one attached hydrogen (secondary N) is 2. The maximum atomic E-state index is 14.5. The first-order valence-electron chi connectivity index (χ1n) is 14.8. The first-order chi connectivity index (χ1) is 23.2. The Labute approximate surface area is 284 Å². The van der Waals surface area contributed by atoms with E-state index in [9.17, 15) is 13.6 Å². The molecule has 48 heavy (non-hydrogen) atoms. The minimum atomic E-state index is -1.71. The molecule has 14 heteroatoms. The Hall–Kier alpha value is -4.71. The first kappa shape index (κ1) is 34.6. The van der Waals surface area contributed by atoms with Gasteiger partial charge in [-0.15, -0.1) is 0 Å². The van der Waals surface area contributed by atoms with E-state index in [-0.39, 0.29) is 42.6 Å². The maximum absolute atomic E-state index is 14.5. The molecule has 0 saturated carbocycles. The molecule has 3 N–H and O–H groups in total. The summed E-state index contributed by atoms with van der Waals surface area (Å²) in [6.07, 6.45) is -0.636. The Kier molecular flexibility index (Phi) is 11.5. The standard InChI is InChI=1S/C34H30Cl2F2N6O4/c35-25-8-11-29(30(36)16-25)31-34(18-23-4-1-2-5-24(23)20-41-44-39,33(46)43-40-19-21-14-26(37)17-27(38)15-21)42-32(48-31)22-6-9-28(10-7-22)47-13-3-12-45/h1-2,4-11,14-17,31,40,45H,3,12-13,18-20H2,(H,43,46)/t31-,34-/m0/s1. The molecule has 4 aromatic carbocycles. The first-order valence-corrected chi connectivity index (χ1v) is 15.6. The lowest BCUT2D eigenvalue weighted by Gasteiger charge is -2.32. The summed E-state index contributed by atoms with van der Waals surface area (Å²) in [7, 11) is 0. The summed E-state index contributed by atoms with van der Waals surface area (Å²) in [4.78, 5) is 22.3. The lowest BCUT2D eigenvalue weighted by atomic mass is 9.81. The number of rotatable bonds is 14. The van der Waals surface area contributed by atoms with Crippen molar-refractivity contribution in [1.29, 1.82) is 0 Å². The third-order valence-electron chi connectivity index (χ3n) is 7.57. The van der Waals surface area contributed by atoms with Crippen molar-refractivity contribution in [2.75, 3.05) is 13.2 Å². The second-order valence-electron chi connectivity index (χ2n) is 10.9. The average Bonchev–Trinajstić information content (AvgIpc) is 3.44. The van der Waals surface area contributed by atoms with E-state index < -0.39 is 29.2 Å². The fourth-order valence-corrected chi connectivity index (χ4v) is 5.81. The molecule has 1 amide bonds. The molecule has 4 aromatic rings. The molecular weight excluding hydrogens is 665 g/mol. The molecular formula is C34H30Cl2F2N6O4. The summed E-state index contributed by atoms with van der Waals surface area (Å²) in [5.74, 6) is -1.44. The van der Waals surface area contributed by atoms with E-state index in [0.717, 1.165) is 18.2 Å². The second-order valence-corrected chi connectivity index (χ2v) is 11.7. The van der Waals surface area contributed by atoms with Gasteiger partial charge in [-0.25, -0.2) is 19.2 Å². The van der Waals surface area contributed by atoms with Crippen LogP contribution in [0.2, 0.25) is 10.0 Å². The maximum Gasteiger partial charge on any atom is 0.266 e. The number of aliphatic hydroxyl groups is 1. The van der Waals surface area contributed by atoms with Crippen molar-refractivity contribution in [3.63, 3.8) is 0 Å². The number of halogens is 4. The molecule has 0 radical (unpaired) electrons. The number of azide groups is 1. The minimum absolute atomic E-state index is 0.00148. The van der Waals surface area contributed by atoms with Crippen LogP contribution in [0.4, 0.5) is 8.78 Å². The Balaban J connectivity index is 1.58. The predicted molar refractivity (Wildman–Crippen MR) is 178 cm³/mol. The zero-order valence-electron chi connectivity index (χ0n) is 25.4. The van der Waals surface area contributed by atoms with Crippen LogP contribution in [0.15, 0.2) is 95.0 Å². The number of benzene rings is 4. The smallest absolute Gasteiger partial charge is 0.266 e. The molecule has 1 aliphatic rings. The summed E-state index contributed by atoms with van der Waals surface area (Å²) in [6.45, 7) is 0.251. The number of carbonyl (C=O) groups excluding carboxylic acids is 1. The minimum Gasteiger partial charge on any atom is -0.494 e. The van der Waals surface area contributed by atoms with Crippen LogP contribution in [0.3, 0.4) is 0 Å². The van der Waals surface area contributed by atoms with Crippen LogP contribution < -0.4 is 15.6 Å². The van der Waals surface area contributed by atoms with Crippen molar-refractivity contribution in [2.24, 2.45) is 10.1 Å². The molecule has 1 aliphatic heterocycles. The molecule has 0 unspecified atom stereocenters. The number of hydrogen-bond acceptors (Lipinski definition) is 7. The number of amides is 1. The van der Waals surface area contributed by atoms with E-state index >= 15 is 0 Å². The number of ether oxygens (including phenoxy) is 2. The van der Waals surface area contributed by atoms with Crippen LogP contribution in [0.5, 0.6) is 5.75 Å². The van der Waals surface area contributed by atoms with Gasteiger partial charge in [0.2, 0.25) is 5.90 Å². The average molecular weight is 696 g/mol. The number of carbonyl (C=O) groups is 1. The topological polar surface area (TPSA) is 141 Å². The van der Waals surface area contributed by atoms with Crippen molar-refractivity contribution in [3.8, 4) is 5.75 Å². The summed E-state index contributed by atoms with van der Waals surface area (Å²) in [6, 6.07) is 21.9. The second kappa shape index (κ2) is 15.9. The Morgan fingerprint density at radius 3 is 2.46 bits per heavy atom. The van der Waals surface area contributed by atoms with Gasteiger partial charge in [-0.05, 0) is 70.8 Å². The van der Waals surface area contributed by atoms with Crippen LogP contribution in [-0.4, -0.2) is 35.7 Å². The van der Waals surface area contributed by atoms with E-state index in [1.807, 2.05) is 0 Å². The number of hydrogen-bond donors (Lipinski definition) is 3. The third kappa shape index (κ3) is 8.22. The highest BCUT2D eigenvalue weighted by atomic mass is 35.5. The van der Waals surface area contributed by atoms with Crippen LogP contribution >= 0.6 is 23.2 Å². The molecule has 5 rings (SSSR count). The molecule has 0 aromatic heterocycles. The fourth-order valence-electron chi connectivity index (χ4n) is 5.30. The molecule has 10 nitrogen and oxygen atoms in total. The predicted octanol–water partition coefficient (Wildman–Crippen LogP) is 7.16. The lowest BCUT2D eigenvalue weighted by molar-refractivity contribution is -0.130. The highest BCUT2D eigenvalue weighted by Crippen LogP contribution is 2.45. The van der Waals surface area contributed by atoms with Gasteiger partial charge in [0, 0.05) is 58.1 Å². The van der Waals surface area contributed by atoms with E-state index in [1.165, 1.54) is 6.07 Å². The molecule has 0 fully saturated rings. The molecule has 1 heterocycles. The molecule has 0 saturated heterocycles. The van der Waals surface area contributed by atoms with Crippen LogP contribution in [0.25, 0.3) is 10.4 Å². The zero-order chi connectivity index (χ0) is 34.1. The van der Waals surface area contributed by atoms with Crippen LogP contribution in [-0.2, 0) is 29.0 Å². The Morgan fingerprint density at radius 2 is 1.77 bits per heavy atom. The number of nitrogens with zero attached hydrogens (tertiary/aromatic N) is 4. The van der Waals surface area contributed by atoms with E-state index in [0.29, 0.717) is 46.1 Å². The van der Waals surface area contributed by atoms with Gasteiger partial charge in [-0.3, -0.25) is 10.2 Å².